The third kappa shape index (κ3) is 3.21. The van der Waals surface area contributed by atoms with E-state index in [1.54, 1.807) is 19.9 Å². The molecule has 3 N–H and O–H groups in total. The molecule has 0 aliphatic heterocycles. The van der Waals surface area contributed by atoms with E-state index in [4.69, 9.17) is 22.6 Å². The van der Waals surface area contributed by atoms with Crippen LogP contribution in [0.15, 0.2) is 23.1 Å². The van der Waals surface area contributed by atoms with Gasteiger partial charge >= 0.3 is 0 Å². The number of rotatable bonds is 4. The Bertz CT molecular complexity index is 591. The summed E-state index contributed by atoms with van der Waals surface area (Å²) in [6.07, 6.45) is 0. The van der Waals surface area contributed by atoms with Crippen molar-refractivity contribution in [1.82, 2.24) is 4.72 Å². The van der Waals surface area contributed by atoms with Crippen LogP contribution in [0.1, 0.15) is 19.4 Å². The van der Waals surface area contributed by atoms with Crippen LogP contribution in [0.3, 0.4) is 0 Å². The summed E-state index contributed by atoms with van der Waals surface area (Å²) >= 11 is 5.80. The molecule has 1 rings (SSSR count). The van der Waals surface area contributed by atoms with Crippen LogP contribution in [0.5, 0.6) is 0 Å². The largest absolute Gasteiger partial charge is 0.329 e. The third-order valence-electron chi connectivity index (χ3n) is 2.30. The number of halogens is 1. The minimum absolute atomic E-state index is 0.0699. The number of nitrogens with two attached hydrogens (primary N) is 1. The maximum atomic E-state index is 12.2. The molecule has 0 atom stereocenters. The van der Waals surface area contributed by atoms with Gasteiger partial charge in [0.25, 0.3) is 0 Å². The Morgan fingerprint density at radius 2 is 2.11 bits per heavy atom. The lowest BCUT2D eigenvalue weighted by atomic mass is 10.1. The number of nitrogens with zero attached hydrogens (tertiary/aromatic N) is 1. The lowest BCUT2D eigenvalue weighted by molar-refractivity contribution is 0.462. The standard InChI is InChI=1S/C11H14ClN3O2S/c1-11(2,7-14)15-18(16,17)10-5-3-4-9(12)8(10)6-13/h3-5,15H,7,14H2,1-2H3. The van der Waals surface area contributed by atoms with Gasteiger partial charge in [0.15, 0.2) is 0 Å². The van der Waals surface area contributed by atoms with Gasteiger partial charge in [-0.25, -0.2) is 13.1 Å². The van der Waals surface area contributed by atoms with Crippen molar-refractivity contribution in [3.05, 3.63) is 28.8 Å². The summed E-state index contributed by atoms with van der Waals surface area (Å²) in [5.74, 6) is 0. The summed E-state index contributed by atoms with van der Waals surface area (Å²) in [5, 5.41) is 9.07. The van der Waals surface area contributed by atoms with E-state index in [-0.39, 0.29) is 22.0 Å². The van der Waals surface area contributed by atoms with Gasteiger partial charge in [-0.3, -0.25) is 0 Å². The van der Waals surface area contributed by atoms with Crippen LogP contribution < -0.4 is 10.5 Å². The molecule has 18 heavy (non-hydrogen) atoms. The number of benzene rings is 1. The molecule has 7 heteroatoms. The topological polar surface area (TPSA) is 96.0 Å². The van der Waals surface area contributed by atoms with E-state index < -0.39 is 15.6 Å². The molecule has 98 valence electrons. The van der Waals surface area contributed by atoms with Crippen molar-refractivity contribution in [2.45, 2.75) is 24.3 Å². The fraction of sp³-hybridized carbons (Fsp3) is 0.364. The Hall–Kier alpha value is -1.13. The van der Waals surface area contributed by atoms with Gasteiger partial charge in [-0.1, -0.05) is 17.7 Å². The minimum Gasteiger partial charge on any atom is -0.329 e. The number of hydrogen-bond donors (Lipinski definition) is 2. The molecule has 0 heterocycles. The molecule has 0 aliphatic carbocycles. The first kappa shape index (κ1) is 14.9. The highest BCUT2D eigenvalue weighted by Gasteiger charge is 2.27. The quantitative estimate of drug-likeness (QED) is 0.870. The van der Waals surface area contributed by atoms with Crippen LogP contribution in [0.4, 0.5) is 0 Å². The average Bonchev–Trinajstić information content (AvgIpc) is 2.27. The highest BCUT2D eigenvalue weighted by molar-refractivity contribution is 7.89. The molecule has 5 nitrogen and oxygen atoms in total. The van der Waals surface area contributed by atoms with E-state index in [0.717, 1.165) is 0 Å². The number of nitrogens with one attached hydrogen (secondary N) is 1. The SMILES string of the molecule is CC(C)(CN)NS(=O)(=O)c1cccc(Cl)c1C#N. The van der Waals surface area contributed by atoms with E-state index in [0.29, 0.717) is 0 Å². The monoisotopic (exact) mass is 287 g/mol. The summed E-state index contributed by atoms with van der Waals surface area (Å²) in [5.41, 5.74) is 4.61. The van der Waals surface area contributed by atoms with Crippen LogP contribution in [-0.2, 0) is 10.0 Å². The molecule has 0 aromatic heterocycles. The molecule has 0 spiro atoms. The lowest BCUT2D eigenvalue weighted by Gasteiger charge is -2.24. The summed E-state index contributed by atoms with van der Waals surface area (Å²) in [6.45, 7) is 3.44. The lowest BCUT2D eigenvalue weighted by Crippen LogP contribution is -2.48. The summed E-state index contributed by atoms with van der Waals surface area (Å²) < 4.78 is 26.8. The van der Waals surface area contributed by atoms with Crippen molar-refractivity contribution >= 4 is 21.6 Å². The maximum absolute atomic E-state index is 12.2. The Balaban J connectivity index is 3.31. The fourth-order valence-electron chi connectivity index (χ4n) is 1.30. The molecule has 0 saturated carbocycles. The molecule has 0 fully saturated rings. The van der Waals surface area contributed by atoms with Gasteiger partial charge < -0.3 is 5.73 Å². The average molecular weight is 288 g/mol. The van der Waals surface area contributed by atoms with Gasteiger partial charge in [0.1, 0.15) is 11.0 Å². The zero-order chi connectivity index (χ0) is 14.0. The Morgan fingerprint density at radius 3 is 2.61 bits per heavy atom. The molecule has 1 aromatic rings. The second-order valence-corrected chi connectivity index (χ2v) is 6.48. The third-order valence-corrected chi connectivity index (χ3v) is 4.35. The van der Waals surface area contributed by atoms with Crippen molar-refractivity contribution in [3.8, 4) is 6.07 Å². The Kier molecular flexibility index (Phi) is 4.35. The molecule has 0 aliphatic rings. The highest BCUT2D eigenvalue weighted by atomic mass is 35.5. The molecule has 0 radical (unpaired) electrons. The first-order valence-electron chi connectivity index (χ1n) is 5.16. The second kappa shape index (κ2) is 5.24. The minimum atomic E-state index is -3.83. The predicted molar refractivity (Wildman–Crippen MR) is 69.6 cm³/mol. The van der Waals surface area contributed by atoms with E-state index in [1.807, 2.05) is 0 Å². The first-order chi connectivity index (χ1) is 8.23. The van der Waals surface area contributed by atoms with Crippen LogP contribution in [0, 0.1) is 11.3 Å². The van der Waals surface area contributed by atoms with Crippen LogP contribution in [-0.4, -0.2) is 20.5 Å². The summed E-state index contributed by atoms with van der Waals surface area (Å²) in [4.78, 5) is -0.140. The molecule has 1 aromatic carbocycles. The van der Waals surface area contributed by atoms with Gasteiger partial charge in [0.05, 0.1) is 10.6 Å². The van der Waals surface area contributed by atoms with Gasteiger partial charge in [-0.05, 0) is 26.0 Å². The molecular formula is C11H14ClN3O2S. The smallest absolute Gasteiger partial charge is 0.242 e. The fourth-order valence-corrected chi connectivity index (χ4v) is 3.17. The summed E-state index contributed by atoms with van der Waals surface area (Å²) in [7, 11) is -3.83. The van der Waals surface area contributed by atoms with Gasteiger partial charge in [-0.2, -0.15) is 5.26 Å². The highest BCUT2D eigenvalue weighted by Crippen LogP contribution is 2.23. The van der Waals surface area contributed by atoms with E-state index in [1.165, 1.54) is 18.2 Å². The predicted octanol–water partition coefficient (Wildman–Crippen LogP) is 1.23. The second-order valence-electron chi connectivity index (χ2n) is 4.42. The van der Waals surface area contributed by atoms with Crippen molar-refractivity contribution in [3.63, 3.8) is 0 Å². The normalized spacial score (nSPS) is 12.2. The van der Waals surface area contributed by atoms with Crippen molar-refractivity contribution in [2.75, 3.05) is 6.54 Å². The zero-order valence-electron chi connectivity index (χ0n) is 10.1. The number of sulfonamides is 1. The molecule has 0 amide bonds. The Morgan fingerprint density at radius 1 is 1.50 bits per heavy atom. The molecule has 0 unspecified atom stereocenters. The van der Waals surface area contributed by atoms with Gasteiger partial charge in [0, 0.05) is 12.1 Å². The van der Waals surface area contributed by atoms with E-state index in [2.05, 4.69) is 4.72 Å². The van der Waals surface area contributed by atoms with Gasteiger partial charge in [0.2, 0.25) is 10.0 Å². The van der Waals surface area contributed by atoms with Crippen molar-refractivity contribution < 1.29 is 8.42 Å². The van der Waals surface area contributed by atoms with Crippen LogP contribution >= 0.6 is 11.6 Å². The summed E-state index contributed by atoms with van der Waals surface area (Å²) in [6, 6.07) is 6.07. The maximum Gasteiger partial charge on any atom is 0.242 e. The molecular weight excluding hydrogens is 274 g/mol. The van der Waals surface area contributed by atoms with E-state index in [9.17, 15) is 8.42 Å². The molecule has 0 saturated heterocycles. The van der Waals surface area contributed by atoms with Gasteiger partial charge in [-0.15, -0.1) is 0 Å². The van der Waals surface area contributed by atoms with Crippen molar-refractivity contribution in [2.24, 2.45) is 5.73 Å². The zero-order valence-corrected chi connectivity index (χ0v) is 11.6. The Labute approximate surface area is 112 Å². The van der Waals surface area contributed by atoms with Crippen molar-refractivity contribution in [1.29, 1.82) is 5.26 Å². The van der Waals surface area contributed by atoms with Crippen LogP contribution in [0.25, 0.3) is 0 Å². The van der Waals surface area contributed by atoms with Crippen LogP contribution in [0.2, 0.25) is 5.02 Å². The molecule has 0 bridgehead atoms. The number of hydrogen-bond acceptors (Lipinski definition) is 4. The first-order valence-corrected chi connectivity index (χ1v) is 7.02. The van der Waals surface area contributed by atoms with E-state index >= 15 is 0 Å². The number of nitriles is 1.